The monoisotopic (exact) mass is 268 g/mol. The van der Waals surface area contributed by atoms with Crippen molar-refractivity contribution >= 4 is 20.0 Å². The molecule has 0 radical (unpaired) electrons. The molecule has 0 heterocycles. The molecule has 5 atom stereocenters. The van der Waals surface area contributed by atoms with Crippen LogP contribution in [0.2, 0.25) is 25.2 Å². The Hall–Kier alpha value is -1.10. The van der Waals surface area contributed by atoms with Crippen molar-refractivity contribution in [2.24, 2.45) is 23.7 Å². The number of carbonyl (C=O) groups excluding carboxylic acids is 1. The zero-order valence-electron chi connectivity index (χ0n) is 11.2. The molecule has 2 rings (SSSR count). The number of fused-ring (bicyclic) bond motifs is 2. The summed E-state index contributed by atoms with van der Waals surface area (Å²) in [6, 6.07) is 0. The zero-order chi connectivity index (χ0) is 13.7. The molecule has 0 aromatic carbocycles. The van der Waals surface area contributed by atoms with Crippen molar-refractivity contribution < 1.29 is 19.4 Å². The first kappa shape index (κ1) is 13.3. The largest absolute Gasteiger partial charge is 0.481 e. The van der Waals surface area contributed by atoms with Gasteiger partial charge in [0.25, 0.3) is 0 Å². The first-order valence-electron chi connectivity index (χ1n) is 6.28. The number of hydrogen-bond acceptors (Lipinski definition) is 3. The highest BCUT2D eigenvalue weighted by atomic mass is 28.3. The van der Waals surface area contributed by atoms with Crippen LogP contribution in [0.15, 0.2) is 12.2 Å². The van der Waals surface area contributed by atoms with E-state index in [1.54, 1.807) is 0 Å². The van der Waals surface area contributed by atoms with Crippen LogP contribution in [0.4, 0.5) is 0 Å². The van der Waals surface area contributed by atoms with Crippen LogP contribution in [0.3, 0.4) is 0 Å². The number of aliphatic carboxylic acids is 1. The minimum atomic E-state index is -1.51. The molecule has 1 N–H and O–H groups in total. The number of carboxylic acid groups (broad SMARTS) is 1. The Bertz CT molecular complexity index is 410. The summed E-state index contributed by atoms with van der Waals surface area (Å²) < 4.78 is 4.81. The third kappa shape index (κ3) is 1.81. The second-order valence-corrected chi connectivity index (χ2v) is 11.7. The average molecular weight is 268 g/mol. The van der Waals surface area contributed by atoms with E-state index in [0.717, 1.165) is 0 Å². The third-order valence-corrected chi connectivity index (χ3v) is 7.13. The first-order valence-corrected chi connectivity index (χ1v) is 9.85. The number of methoxy groups -OCH3 is 1. The van der Waals surface area contributed by atoms with E-state index < -0.39 is 25.9 Å². The summed E-state index contributed by atoms with van der Waals surface area (Å²) in [5, 5.41) is 9.41. The van der Waals surface area contributed by atoms with Crippen molar-refractivity contribution in [2.45, 2.75) is 25.2 Å². The number of esters is 1. The highest BCUT2D eigenvalue weighted by Gasteiger charge is 2.60. The second kappa shape index (κ2) is 4.22. The lowest BCUT2D eigenvalue weighted by molar-refractivity contribution is -0.156. The van der Waals surface area contributed by atoms with Crippen LogP contribution in [-0.2, 0) is 14.3 Å². The number of rotatable bonds is 3. The van der Waals surface area contributed by atoms with Gasteiger partial charge in [-0.15, -0.1) is 0 Å². The molecule has 0 saturated heterocycles. The SMILES string of the molecule is COC(=O)[C@@H]1[C@@H]2C=C[C@H]([C@@H]1C(=O)O)[C@@H]2[Si](C)(C)C. The summed E-state index contributed by atoms with van der Waals surface area (Å²) >= 11 is 0. The van der Waals surface area contributed by atoms with Crippen molar-refractivity contribution in [1.82, 2.24) is 0 Å². The topological polar surface area (TPSA) is 63.6 Å². The first-order chi connectivity index (χ1) is 8.29. The lowest BCUT2D eigenvalue weighted by Gasteiger charge is -2.29. The quantitative estimate of drug-likeness (QED) is 0.483. The number of ether oxygens (including phenoxy) is 1. The van der Waals surface area contributed by atoms with Crippen molar-refractivity contribution in [3.8, 4) is 0 Å². The van der Waals surface area contributed by atoms with Crippen LogP contribution in [0.1, 0.15) is 0 Å². The smallest absolute Gasteiger partial charge is 0.310 e. The molecule has 1 fully saturated rings. The summed E-state index contributed by atoms with van der Waals surface area (Å²) in [7, 11) is -0.176. The molecule has 2 aliphatic carbocycles. The number of carboxylic acids is 1. The predicted octanol–water partition coefficient (Wildman–Crippen LogP) is 2.00. The molecule has 4 nitrogen and oxygen atoms in total. The van der Waals surface area contributed by atoms with Crippen LogP contribution < -0.4 is 0 Å². The Balaban J connectivity index is 2.40. The molecule has 0 spiro atoms. The van der Waals surface area contributed by atoms with Gasteiger partial charge >= 0.3 is 11.9 Å². The molecule has 2 bridgehead atoms. The molecule has 2 aliphatic rings. The highest BCUT2D eigenvalue weighted by molar-refractivity contribution is 6.77. The van der Waals surface area contributed by atoms with Crippen LogP contribution in [0.5, 0.6) is 0 Å². The molecular formula is C13H20O4Si. The van der Waals surface area contributed by atoms with Gasteiger partial charge in [-0.25, -0.2) is 0 Å². The van der Waals surface area contributed by atoms with Gasteiger partial charge in [-0.05, 0) is 17.4 Å². The van der Waals surface area contributed by atoms with Gasteiger partial charge in [0.1, 0.15) is 0 Å². The van der Waals surface area contributed by atoms with E-state index in [0.29, 0.717) is 5.54 Å². The predicted molar refractivity (Wildman–Crippen MR) is 69.8 cm³/mol. The Morgan fingerprint density at radius 3 is 2.00 bits per heavy atom. The van der Waals surface area contributed by atoms with Gasteiger partial charge < -0.3 is 9.84 Å². The minimum Gasteiger partial charge on any atom is -0.481 e. The lowest BCUT2D eigenvalue weighted by Crippen LogP contribution is -2.33. The average Bonchev–Trinajstić information content (AvgIpc) is 2.81. The van der Waals surface area contributed by atoms with Crippen molar-refractivity contribution in [1.29, 1.82) is 0 Å². The van der Waals surface area contributed by atoms with E-state index in [4.69, 9.17) is 4.74 Å². The van der Waals surface area contributed by atoms with Gasteiger partial charge in [-0.1, -0.05) is 31.8 Å². The Morgan fingerprint density at radius 1 is 1.11 bits per heavy atom. The Kier molecular flexibility index (Phi) is 3.13. The van der Waals surface area contributed by atoms with Crippen LogP contribution in [-0.4, -0.2) is 32.2 Å². The van der Waals surface area contributed by atoms with Gasteiger partial charge in [0.15, 0.2) is 0 Å². The van der Waals surface area contributed by atoms with E-state index in [9.17, 15) is 14.7 Å². The maximum atomic E-state index is 11.9. The lowest BCUT2D eigenvalue weighted by atomic mass is 9.83. The van der Waals surface area contributed by atoms with E-state index in [1.807, 2.05) is 12.2 Å². The fourth-order valence-electron chi connectivity index (χ4n) is 3.83. The molecule has 0 aromatic heterocycles. The fourth-order valence-corrected chi connectivity index (χ4v) is 6.78. The molecule has 0 amide bonds. The van der Waals surface area contributed by atoms with Gasteiger partial charge in [-0.3, -0.25) is 9.59 Å². The van der Waals surface area contributed by atoms with Gasteiger partial charge in [-0.2, -0.15) is 0 Å². The molecule has 5 heteroatoms. The van der Waals surface area contributed by atoms with Crippen molar-refractivity contribution in [3.63, 3.8) is 0 Å². The minimum absolute atomic E-state index is 0.00302. The van der Waals surface area contributed by atoms with Crippen LogP contribution in [0.25, 0.3) is 0 Å². The van der Waals surface area contributed by atoms with Gasteiger partial charge in [0, 0.05) is 8.07 Å². The van der Waals surface area contributed by atoms with E-state index >= 15 is 0 Å². The van der Waals surface area contributed by atoms with Crippen molar-refractivity contribution in [2.75, 3.05) is 7.11 Å². The van der Waals surface area contributed by atoms with Gasteiger partial charge in [0.05, 0.1) is 18.9 Å². The standard InChI is InChI=1S/C13H20O4Si/c1-17-13(16)10-8-6-5-7(9(10)12(14)15)11(8)18(2,3)4/h5-11H,1-4H3,(H,14,15)/t7-,8+,9+,10-,11+/m1/s1. The summed E-state index contributed by atoms with van der Waals surface area (Å²) in [6.45, 7) is 6.72. The number of allylic oxidation sites excluding steroid dienone is 2. The molecular weight excluding hydrogens is 248 g/mol. The van der Waals surface area contributed by atoms with Crippen LogP contribution >= 0.6 is 0 Å². The third-order valence-electron chi connectivity index (χ3n) is 4.36. The van der Waals surface area contributed by atoms with Gasteiger partial charge in [0.2, 0.25) is 0 Å². The maximum Gasteiger partial charge on any atom is 0.310 e. The molecule has 0 aromatic rings. The maximum absolute atomic E-state index is 11.9. The molecule has 18 heavy (non-hydrogen) atoms. The second-order valence-electron chi connectivity index (χ2n) is 6.34. The zero-order valence-corrected chi connectivity index (χ0v) is 12.2. The summed E-state index contributed by atoms with van der Waals surface area (Å²) in [6.07, 6.45) is 4.04. The normalized spacial score (nSPS) is 37.9. The highest BCUT2D eigenvalue weighted by Crippen LogP contribution is 2.59. The Morgan fingerprint density at radius 2 is 1.61 bits per heavy atom. The Labute approximate surface area is 108 Å². The fraction of sp³-hybridized carbons (Fsp3) is 0.692. The molecule has 0 unspecified atom stereocenters. The summed E-state index contributed by atoms with van der Waals surface area (Å²) in [5.41, 5.74) is 0.336. The summed E-state index contributed by atoms with van der Waals surface area (Å²) in [4.78, 5) is 23.4. The van der Waals surface area contributed by atoms with Crippen molar-refractivity contribution in [3.05, 3.63) is 12.2 Å². The van der Waals surface area contributed by atoms with E-state index in [-0.39, 0.29) is 17.8 Å². The molecule has 0 aliphatic heterocycles. The van der Waals surface area contributed by atoms with Crippen LogP contribution in [0, 0.1) is 23.7 Å². The molecule has 100 valence electrons. The number of hydrogen-bond donors (Lipinski definition) is 1. The number of carbonyl (C=O) groups is 2. The van der Waals surface area contributed by atoms with E-state index in [1.165, 1.54) is 7.11 Å². The molecule has 1 saturated carbocycles. The van der Waals surface area contributed by atoms with E-state index in [2.05, 4.69) is 19.6 Å². The summed E-state index contributed by atoms with van der Waals surface area (Å²) in [5.74, 6) is -2.30.